The van der Waals surface area contributed by atoms with E-state index in [0.717, 1.165) is 32.2 Å². The summed E-state index contributed by atoms with van der Waals surface area (Å²) >= 11 is 0. The molecule has 21 heavy (non-hydrogen) atoms. The molecular weight excluding hydrogens is 270 g/mol. The fourth-order valence-corrected chi connectivity index (χ4v) is 4.18. The topological polar surface area (TPSA) is 81.7 Å². The first-order valence-electron chi connectivity index (χ1n) is 8.17. The van der Waals surface area contributed by atoms with Crippen molar-refractivity contribution in [1.29, 1.82) is 0 Å². The van der Waals surface area contributed by atoms with Gasteiger partial charge in [0.05, 0.1) is 5.92 Å². The van der Waals surface area contributed by atoms with Gasteiger partial charge in [-0.2, -0.15) is 0 Å². The van der Waals surface area contributed by atoms with Crippen molar-refractivity contribution >= 4 is 12.0 Å². The van der Waals surface area contributed by atoms with Gasteiger partial charge in [-0.15, -0.1) is 0 Å². The number of piperidine rings is 1. The van der Waals surface area contributed by atoms with Gasteiger partial charge < -0.3 is 20.6 Å². The molecule has 0 aromatic heterocycles. The summed E-state index contributed by atoms with van der Waals surface area (Å²) in [5.41, 5.74) is 0. The second-order valence-corrected chi connectivity index (χ2v) is 6.65. The Bertz CT molecular complexity index is 415. The van der Waals surface area contributed by atoms with Gasteiger partial charge in [-0.3, -0.25) is 4.79 Å². The van der Waals surface area contributed by atoms with E-state index in [1.165, 1.54) is 19.4 Å². The Hall–Kier alpha value is -1.30. The monoisotopic (exact) mass is 295 g/mol. The van der Waals surface area contributed by atoms with Crippen molar-refractivity contribution in [2.45, 2.75) is 63.1 Å². The Morgan fingerprint density at radius 2 is 1.86 bits per heavy atom. The molecule has 0 spiro atoms. The number of hydrogen-bond acceptors (Lipinski definition) is 3. The maximum absolute atomic E-state index is 12.1. The lowest BCUT2D eigenvalue weighted by Gasteiger charge is -2.35. The van der Waals surface area contributed by atoms with E-state index in [2.05, 4.69) is 15.5 Å². The lowest BCUT2D eigenvalue weighted by molar-refractivity contribution is -0.142. The summed E-state index contributed by atoms with van der Waals surface area (Å²) in [6.07, 6.45) is 6.85. The molecule has 3 fully saturated rings. The maximum Gasteiger partial charge on any atom is 0.315 e. The van der Waals surface area contributed by atoms with Gasteiger partial charge in [0.25, 0.3) is 0 Å². The molecular formula is C15H25N3O3. The van der Waals surface area contributed by atoms with Crippen LogP contribution in [0.1, 0.15) is 44.9 Å². The highest BCUT2D eigenvalue weighted by Gasteiger charge is 2.35. The fourth-order valence-electron chi connectivity index (χ4n) is 4.18. The van der Waals surface area contributed by atoms with E-state index >= 15 is 0 Å². The van der Waals surface area contributed by atoms with Gasteiger partial charge in [-0.05, 0) is 45.1 Å². The minimum atomic E-state index is -0.794. The fraction of sp³-hybridized carbons (Fsp3) is 0.867. The van der Waals surface area contributed by atoms with Crippen molar-refractivity contribution in [3.63, 3.8) is 0 Å². The first-order chi connectivity index (χ1) is 10.1. The van der Waals surface area contributed by atoms with Gasteiger partial charge in [0.2, 0.25) is 0 Å². The minimum Gasteiger partial charge on any atom is -0.481 e. The molecule has 2 aliphatic heterocycles. The molecule has 0 radical (unpaired) electrons. The number of fused-ring (bicyclic) bond motifs is 1. The van der Waals surface area contributed by atoms with Crippen molar-refractivity contribution < 1.29 is 14.7 Å². The standard InChI is InChI=1S/C15H25N3O3/c19-14(20)12-4-1-5-13(12)17-15(21)16-10-6-8-18-7-2-3-11(18)9-10/h10-13H,1-9H2,(H,19,20)(H2,16,17,21). The zero-order valence-corrected chi connectivity index (χ0v) is 12.4. The van der Waals surface area contributed by atoms with E-state index in [1.807, 2.05) is 0 Å². The average Bonchev–Trinajstić information content (AvgIpc) is 3.06. The summed E-state index contributed by atoms with van der Waals surface area (Å²) in [6, 6.07) is 0.454. The summed E-state index contributed by atoms with van der Waals surface area (Å²) in [6.45, 7) is 2.27. The van der Waals surface area contributed by atoms with Crippen LogP contribution in [0, 0.1) is 5.92 Å². The number of carboxylic acids is 1. The third-order valence-electron chi connectivity index (χ3n) is 5.31. The van der Waals surface area contributed by atoms with Crippen molar-refractivity contribution in [1.82, 2.24) is 15.5 Å². The average molecular weight is 295 g/mol. The number of carbonyl (C=O) groups is 2. The summed E-state index contributed by atoms with van der Waals surface area (Å²) in [5, 5.41) is 15.1. The second kappa shape index (κ2) is 6.22. The molecule has 4 atom stereocenters. The molecule has 2 amide bonds. The van der Waals surface area contributed by atoms with Crippen LogP contribution in [-0.2, 0) is 4.79 Å². The predicted octanol–water partition coefficient (Wildman–Crippen LogP) is 1.17. The first-order valence-corrected chi connectivity index (χ1v) is 8.17. The van der Waals surface area contributed by atoms with Crippen LogP contribution in [0.5, 0.6) is 0 Å². The second-order valence-electron chi connectivity index (χ2n) is 6.65. The molecule has 0 aromatic rings. The number of nitrogens with zero attached hydrogens (tertiary/aromatic N) is 1. The molecule has 1 aliphatic carbocycles. The summed E-state index contributed by atoms with van der Waals surface area (Å²) in [4.78, 5) is 25.8. The number of amides is 2. The smallest absolute Gasteiger partial charge is 0.315 e. The number of hydrogen-bond donors (Lipinski definition) is 3. The number of urea groups is 1. The van der Waals surface area contributed by atoms with E-state index in [1.54, 1.807) is 0 Å². The highest BCUT2D eigenvalue weighted by Crippen LogP contribution is 2.27. The zero-order chi connectivity index (χ0) is 14.8. The van der Waals surface area contributed by atoms with E-state index in [4.69, 9.17) is 5.11 Å². The first kappa shape index (κ1) is 14.6. The van der Waals surface area contributed by atoms with Crippen LogP contribution in [0.2, 0.25) is 0 Å². The Labute approximate surface area is 125 Å². The van der Waals surface area contributed by atoms with Crippen molar-refractivity contribution in [3.8, 4) is 0 Å². The Kier molecular flexibility index (Phi) is 4.33. The molecule has 3 aliphatic rings. The van der Waals surface area contributed by atoms with Gasteiger partial charge in [0.15, 0.2) is 0 Å². The van der Waals surface area contributed by atoms with Gasteiger partial charge in [-0.1, -0.05) is 6.42 Å². The summed E-state index contributed by atoms with van der Waals surface area (Å²) < 4.78 is 0. The van der Waals surface area contributed by atoms with E-state index in [9.17, 15) is 9.59 Å². The van der Waals surface area contributed by atoms with Gasteiger partial charge in [0, 0.05) is 24.7 Å². The minimum absolute atomic E-state index is 0.190. The summed E-state index contributed by atoms with van der Waals surface area (Å²) in [7, 11) is 0. The number of aliphatic carboxylic acids is 1. The lowest BCUT2D eigenvalue weighted by atomic mass is 9.98. The molecule has 3 N–H and O–H groups in total. The SMILES string of the molecule is O=C(NC1CCN2CCCC2C1)NC1CCCC1C(=O)O. The Balaban J connectivity index is 1.47. The van der Waals surface area contributed by atoms with Gasteiger partial charge in [0.1, 0.15) is 0 Å². The zero-order valence-electron chi connectivity index (χ0n) is 12.4. The van der Waals surface area contributed by atoms with Crippen LogP contribution < -0.4 is 10.6 Å². The van der Waals surface area contributed by atoms with Crippen LogP contribution >= 0.6 is 0 Å². The van der Waals surface area contributed by atoms with Crippen LogP contribution in [0.25, 0.3) is 0 Å². The molecule has 2 heterocycles. The lowest BCUT2D eigenvalue weighted by Crippen LogP contribution is -2.52. The van der Waals surface area contributed by atoms with Crippen molar-refractivity contribution in [2.24, 2.45) is 5.92 Å². The molecule has 1 saturated carbocycles. The number of carboxylic acid groups (broad SMARTS) is 1. The molecule has 0 aromatic carbocycles. The van der Waals surface area contributed by atoms with E-state index in [-0.39, 0.29) is 18.1 Å². The number of nitrogens with one attached hydrogen (secondary N) is 2. The molecule has 6 nitrogen and oxygen atoms in total. The molecule has 4 unspecified atom stereocenters. The van der Waals surface area contributed by atoms with Crippen molar-refractivity contribution in [3.05, 3.63) is 0 Å². The van der Waals surface area contributed by atoms with Crippen LogP contribution in [0.4, 0.5) is 4.79 Å². The third-order valence-corrected chi connectivity index (χ3v) is 5.31. The molecule has 118 valence electrons. The third kappa shape index (κ3) is 3.31. The Morgan fingerprint density at radius 3 is 2.67 bits per heavy atom. The van der Waals surface area contributed by atoms with E-state index in [0.29, 0.717) is 12.5 Å². The Morgan fingerprint density at radius 1 is 1.00 bits per heavy atom. The molecule has 0 bridgehead atoms. The predicted molar refractivity (Wildman–Crippen MR) is 78.0 cm³/mol. The molecule has 2 saturated heterocycles. The number of carbonyl (C=O) groups excluding carboxylic acids is 1. The van der Waals surface area contributed by atoms with Crippen LogP contribution in [0.15, 0.2) is 0 Å². The van der Waals surface area contributed by atoms with E-state index < -0.39 is 11.9 Å². The highest BCUT2D eigenvalue weighted by atomic mass is 16.4. The highest BCUT2D eigenvalue weighted by molar-refractivity contribution is 5.77. The number of rotatable bonds is 3. The summed E-state index contributed by atoms with van der Waals surface area (Å²) in [5.74, 6) is -1.22. The quantitative estimate of drug-likeness (QED) is 0.730. The molecule has 6 heteroatoms. The van der Waals surface area contributed by atoms with Crippen molar-refractivity contribution in [2.75, 3.05) is 13.1 Å². The molecule has 3 rings (SSSR count). The normalized spacial score (nSPS) is 36.2. The van der Waals surface area contributed by atoms with Gasteiger partial charge >= 0.3 is 12.0 Å². The van der Waals surface area contributed by atoms with Gasteiger partial charge in [-0.25, -0.2) is 4.79 Å². The maximum atomic E-state index is 12.1. The largest absolute Gasteiger partial charge is 0.481 e. The van der Waals surface area contributed by atoms with Crippen LogP contribution in [-0.4, -0.2) is 53.2 Å². The van der Waals surface area contributed by atoms with Crippen LogP contribution in [0.3, 0.4) is 0 Å².